The first kappa shape index (κ1) is 18.2. The van der Waals surface area contributed by atoms with Crippen molar-refractivity contribution in [2.45, 2.75) is 19.4 Å². The van der Waals surface area contributed by atoms with Gasteiger partial charge in [0, 0.05) is 47.3 Å². The summed E-state index contributed by atoms with van der Waals surface area (Å²) in [5.41, 5.74) is 2.26. The lowest BCUT2D eigenvalue weighted by molar-refractivity contribution is -0.130. The first-order valence-electron chi connectivity index (χ1n) is 8.81. The van der Waals surface area contributed by atoms with Crippen LogP contribution in [0, 0.1) is 0 Å². The van der Waals surface area contributed by atoms with Crippen molar-refractivity contribution in [2.75, 3.05) is 20.1 Å². The molecule has 2 aliphatic rings. The fraction of sp³-hybridized carbons (Fsp3) is 0.316. The molecule has 2 fully saturated rings. The molecule has 1 N–H and O–H groups in total. The molecule has 27 heavy (non-hydrogen) atoms. The van der Waals surface area contributed by atoms with E-state index in [0.717, 1.165) is 46.9 Å². The Morgan fingerprint density at radius 2 is 2.07 bits per heavy atom. The van der Waals surface area contributed by atoms with Gasteiger partial charge in [-0.05, 0) is 49.3 Å². The van der Waals surface area contributed by atoms with Gasteiger partial charge in [-0.15, -0.1) is 0 Å². The van der Waals surface area contributed by atoms with Gasteiger partial charge >= 0.3 is 0 Å². The van der Waals surface area contributed by atoms with Crippen molar-refractivity contribution in [3.63, 3.8) is 0 Å². The maximum atomic E-state index is 12.6. The fourth-order valence-electron chi connectivity index (χ4n) is 3.53. The van der Waals surface area contributed by atoms with Gasteiger partial charge in [0.2, 0.25) is 5.91 Å². The molecule has 3 heterocycles. The number of thiocarbonyl (C=S) groups is 1. The van der Waals surface area contributed by atoms with E-state index in [1.807, 2.05) is 33.9 Å². The Kier molecular flexibility index (Phi) is 4.77. The van der Waals surface area contributed by atoms with Gasteiger partial charge in [-0.2, -0.15) is 0 Å². The Morgan fingerprint density at radius 3 is 2.74 bits per heavy atom. The van der Waals surface area contributed by atoms with Crippen LogP contribution in [0.3, 0.4) is 0 Å². The Hall–Kier alpha value is -2.19. The minimum absolute atomic E-state index is 0.127. The van der Waals surface area contributed by atoms with Crippen molar-refractivity contribution in [1.82, 2.24) is 19.7 Å². The molecule has 0 atom stereocenters. The number of fused-ring (bicyclic) bond motifs is 1. The summed E-state index contributed by atoms with van der Waals surface area (Å²) < 4.78 is 2.90. The molecule has 1 aromatic heterocycles. The highest BCUT2D eigenvalue weighted by Gasteiger charge is 2.27. The van der Waals surface area contributed by atoms with Gasteiger partial charge in [0.05, 0.1) is 0 Å². The number of nitrogens with zero attached hydrogens (tertiary/aromatic N) is 3. The van der Waals surface area contributed by atoms with Crippen LogP contribution in [-0.4, -0.2) is 51.4 Å². The Morgan fingerprint density at radius 1 is 1.33 bits per heavy atom. The second kappa shape index (κ2) is 7.09. The van der Waals surface area contributed by atoms with Gasteiger partial charge in [-0.25, -0.2) is 0 Å². The highest BCUT2D eigenvalue weighted by atomic mass is 79.9. The lowest BCUT2D eigenvalue weighted by atomic mass is 10.1. The first-order chi connectivity index (χ1) is 12.9. The van der Waals surface area contributed by atoms with Gasteiger partial charge in [-0.3, -0.25) is 14.5 Å². The van der Waals surface area contributed by atoms with Gasteiger partial charge in [-0.1, -0.05) is 15.9 Å². The number of nitrogens with one attached hydrogen (secondary N) is 1. The van der Waals surface area contributed by atoms with E-state index in [9.17, 15) is 9.59 Å². The highest BCUT2D eigenvalue weighted by Crippen LogP contribution is 2.28. The van der Waals surface area contributed by atoms with Crippen LogP contribution in [0.2, 0.25) is 0 Å². The number of hydrogen-bond donors (Lipinski definition) is 1. The van der Waals surface area contributed by atoms with Gasteiger partial charge in [0.15, 0.2) is 5.11 Å². The minimum atomic E-state index is -0.163. The molecule has 6 nitrogen and oxygen atoms in total. The highest BCUT2D eigenvalue weighted by molar-refractivity contribution is 9.10. The number of carbonyl (C=O) groups is 2. The van der Waals surface area contributed by atoms with Crippen LogP contribution < -0.4 is 5.32 Å². The maximum absolute atomic E-state index is 12.6. The molecule has 8 heteroatoms. The molecule has 2 aromatic rings. The van der Waals surface area contributed by atoms with Crippen LogP contribution in [0.5, 0.6) is 0 Å². The molecular weight excluding hydrogens is 428 g/mol. The Labute approximate surface area is 170 Å². The molecule has 2 saturated heterocycles. The molecule has 0 saturated carbocycles. The topological polar surface area (TPSA) is 57.6 Å². The van der Waals surface area contributed by atoms with E-state index >= 15 is 0 Å². The summed E-state index contributed by atoms with van der Waals surface area (Å²) in [6, 6.07) is 5.94. The van der Waals surface area contributed by atoms with Gasteiger partial charge in [0.25, 0.3) is 5.91 Å². The van der Waals surface area contributed by atoms with E-state index in [0.29, 0.717) is 17.4 Å². The second-order valence-corrected chi connectivity index (χ2v) is 8.12. The van der Waals surface area contributed by atoms with Crippen LogP contribution >= 0.6 is 28.1 Å². The van der Waals surface area contributed by atoms with Crippen LogP contribution in [0.4, 0.5) is 0 Å². The zero-order chi connectivity index (χ0) is 19.1. The molecule has 140 valence electrons. The monoisotopic (exact) mass is 446 g/mol. The summed E-state index contributed by atoms with van der Waals surface area (Å²) in [7, 11) is 1.65. The summed E-state index contributed by atoms with van der Waals surface area (Å²) in [5, 5.41) is 4.31. The summed E-state index contributed by atoms with van der Waals surface area (Å²) in [4.78, 5) is 28.2. The van der Waals surface area contributed by atoms with E-state index in [1.54, 1.807) is 13.1 Å². The standard InChI is InChI=1S/C19H19BrN4O2S/c1-22-18(26)15(21-19(22)27)8-12-10-24(11-17(25)23-6-2-3-7-23)16-5-4-13(20)9-14(12)16/h4-5,8-10H,2-3,6-7,11H2,1H3,(H,21,27)/b15-8-. The number of likely N-dealkylation sites (tertiary alicyclic amines) is 1. The summed E-state index contributed by atoms with van der Waals surface area (Å²) >= 11 is 8.65. The van der Waals surface area contributed by atoms with Crippen LogP contribution in [0.15, 0.2) is 34.6 Å². The third-order valence-electron chi connectivity index (χ3n) is 5.02. The lowest BCUT2D eigenvalue weighted by Gasteiger charge is -2.16. The number of aromatic nitrogens is 1. The number of hydrogen-bond acceptors (Lipinski definition) is 3. The molecule has 0 radical (unpaired) electrons. The largest absolute Gasteiger partial charge is 0.341 e. The molecule has 0 spiro atoms. The average Bonchev–Trinajstić information content (AvgIpc) is 3.33. The van der Waals surface area contributed by atoms with E-state index in [1.165, 1.54) is 4.90 Å². The predicted octanol–water partition coefficient (Wildman–Crippen LogP) is 2.71. The number of benzene rings is 1. The molecule has 0 aliphatic carbocycles. The third-order valence-corrected chi connectivity index (χ3v) is 5.89. The minimum Gasteiger partial charge on any atom is -0.341 e. The van der Waals surface area contributed by atoms with Crippen molar-refractivity contribution in [3.05, 3.63) is 40.1 Å². The van der Waals surface area contributed by atoms with E-state index < -0.39 is 0 Å². The Bertz CT molecular complexity index is 991. The molecule has 4 rings (SSSR count). The number of likely N-dealkylation sites (N-methyl/N-ethyl adjacent to an activating group) is 1. The fourth-order valence-corrected chi connectivity index (χ4v) is 4.09. The third kappa shape index (κ3) is 3.39. The lowest BCUT2D eigenvalue weighted by Crippen LogP contribution is -2.30. The van der Waals surface area contributed by atoms with Crippen molar-refractivity contribution in [2.24, 2.45) is 0 Å². The van der Waals surface area contributed by atoms with Crippen molar-refractivity contribution in [3.8, 4) is 0 Å². The molecule has 0 unspecified atom stereocenters. The summed E-state index contributed by atoms with van der Waals surface area (Å²) in [6.45, 7) is 1.96. The Balaban J connectivity index is 1.73. The molecule has 2 aliphatic heterocycles. The molecule has 2 amide bonds. The number of amides is 2. The van der Waals surface area contributed by atoms with E-state index in [2.05, 4.69) is 21.2 Å². The first-order valence-corrected chi connectivity index (χ1v) is 10.0. The number of halogens is 1. The van der Waals surface area contributed by atoms with E-state index in [-0.39, 0.29) is 11.8 Å². The van der Waals surface area contributed by atoms with Crippen molar-refractivity contribution >= 4 is 62.1 Å². The van der Waals surface area contributed by atoms with E-state index in [4.69, 9.17) is 12.2 Å². The van der Waals surface area contributed by atoms with Crippen molar-refractivity contribution < 1.29 is 9.59 Å². The maximum Gasteiger partial charge on any atom is 0.276 e. The smallest absolute Gasteiger partial charge is 0.276 e. The zero-order valence-electron chi connectivity index (χ0n) is 14.9. The molecule has 1 aromatic carbocycles. The van der Waals surface area contributed by atoms with Gasteiger partial charge < -0.3 is 14.8 Å². The zero-order valence-corrected chi connectivity index (χ0v) is 17.3. The quantitative estimate of drug-likeness (QED) is 0.581. The molecular formula is C19H19BrN4O2S. The summed E-state index contributed by atoms with van der Waals surface area (Å²) in [6.07, 6.45) is 5.87. The average molecular weight is 447 g/mol. The van der Waals surface area contributed by atoms with Crippen LogP contribution in [0.1, 0.15) is 18.4 Å². The van der Waals surface area contributed by atoms with Crippen LogP contribution in [-0.2, 0) is 16.1 Å². The van der Waals surface area contributed by atoms with Crippen molar-refractivity contribution in [1.29, 1.82) is 0 Å². The predicted molar refractivity (Wildman–Crippen MR) is 112 cm³/mol. The number of carbonyl (C=O) groups excluding carboxylic acids is 2. The summed E-state index contributed by atoms with van der Waals surface area (Å²) in [5.74, 6) is -0.0356. The number of rotatable bonds is 3. The molecule has 0 bridgehead atoms. The second-order valence-electron chi connectivity index (χ2n) is 6.81. The van der Waals surface area contributed by atoms with Crippen LogP contribution in [0.25, 0.3) is 17.0 Å². The normalized spacial score (nSPS) is 18.8. The SMILES string of the molecule is CN1C(=O)/C(=C/c2cn(CC(=O)N3CCCC3)c3ccc(Br)cc23)NC1=S. The van der Waals surface area contributed by atoms with Gasteiger partial charge in [0.1, 0.15) is 12.2 Å².